The summed E-state index contributed by atoms with van der Waals surface area (Å²) in [5.41, 5.74) is 0.485. The first kappa shape index (κ1) is 9.79. The first-order valence-corrected chi connectivity index (χ1v) is 4.21. The molecule has 1 heterocycles. The van der Waals surface area contributed by atoms with E-state index in [9.17, 15) is 0 Å². The number of methoxy groups -OCH3 is 1. The molecular formula is C7H8BrN3O2. The minimum absolute atomic E-state index is 0.221. The molecule has 1 aromatic rings. The molecule has 5 nitrogen and oxygen atoms in total. The highest BCUT2D eigenvalue weighted by Gasteiger charge is 2.04. The van der Waals surface area contributed by atoms with E-state index in [1.165, 1.54) is 7.11 Å². The summed E-state index contributed by atoms with van der Waals surface area (Å²) < 4.78 is 7.42. The van der Waals surface area contributed by atoms with Crippen LogP contribution in [0, 0.1) is 0 Å². The number of pyridine rings is 1. The van der Waals surface area contributed by atoms with E-state index in [1.54, 1.807) is 18.2 Å². The smallest absolute Gasteiger partial charge is 0.213 e. The van der Waals surface area contributed by atoms with Crippen molar-refractivity contribution in [3.63, 3.8) is 0 Å². The Hall–Kier alpha value is -1.30. The molecule has 0 amide bonds. The van der Waals surface area contributed by atoms with Crippen LogP contribution in [0.25, 0.3) is 0 Å². The van der Waals surface area contributed by atoms with Crippen LogP contribution in [0.3, 0.4) is 0 Å². The molecule has 1 rings (SSSR count). The molecule has 0 bridgehead atoms. The fourth-order valence-electron chi connectivity index (χ4n) is 0.779. The van der Waals surface area contributed by atoms with Crippen LogP contribution in [-0.4, -0.2) is 23.1 Å². The third kappa shape index (κ3) is 2.32. The van der Waals surface area contributed by atoms with Crippen molar-refractivity contribution in [2.45, 2.75) is 0 Å². The summed E-state index contributed by atoms with van der Waals surface area (Å²) in [6.45, 7) is 0. The van der Waals surface area contributed by atoms with Gasteiger partial charge >= 0.3 is 0 Å². The topological polar surface area (TPSA) is 66.7 Å². The van der Waals surface area contributed by atoms with Gasteiger partial charge in [0, 0.05) is 22.2 Å². The molecule has 13 heavy (non-hydrogen) atoms. The van der Waals surface area contributed by atoms with Crippen LogP contribution in [0.1, 0.15) is 5.69 Å². The SMILES string of the molecule is COc1cccc(C(=NO)NBr)n1. The van der Waals surface area contributed by atoms with E-state index in [0.717, 1.165) is 0 Å². The normalized spacial score (nSPS) is 11.1. The first-order chi connectivity index (χ1) is 6.31. The Morgan fingerprint density at radius 3 is 3.00 bits per heavy atom. The molecule has 0 spiro atoms. The van der Waals surface area contributed by atoms with E-state index in [2.05, 4.69) is 30.6 Å². The third-order valence-corrected chi connectivity index (χ3v) is 1.74. The average molecular weight is 246 g/mol. The van der Waals surface area contributed by atoms with Crippen molar-refractivity contribution in [1.29, 1.82) is 0 Å². The predicted octanol–water partition coefficient (Wildman–Crippen LogP) is 1.13. The fraction of sp³-hybridized carbons (Fsp3) is 0.143. The molecule has 0 aliphatic rings. The molecule has 70 valence electrons. The zero-order valence-corrected chi connectivity index (χ0v) is 8.45. The molecule has 0 saturated carbocycles. The number of nitrogens with one attached hydrogen (secondary N) is 1. The van der Waals surface area contributed by atoms with Gasteiger partial charge in [0.15, 0.2) is 0 Å². The number of hydrogen-bond acceptors (Lipinski definition) is 4. The van der Waals surface area contributed by atoms with Crippen LogP contribution in [-0.2, 0) is 0 Å². The first-order valence-electron chi connectivity index (χ1n) is 3.42. The Kier molecular flexibility index (Phi) is 3.51. The Bertz CT molecular complexity index is 316. The Balaban J connectivity index is 3.00. The lowest BCUT2D eigenvalue weighted by Crippen LogP contribution is -2.15. The highest BCUT2D eigenvalue weighted by molar-refractivity contribution is 9.08. The second kappa shape index (κ2) is 4.66. The van der Waals surface area contributed by atoms with Crippen LogP contribution >= 0.6 is 16.1 Å². The molecule has 1 aromatic heterocycles. The molecule has 0 fully saturated rings. The Morgan fingerprint density at radius 1 is 1.69 bits per heavy atom. The van der Waals surface area contributed by atoms with Crippen LogP contribution < -0.4 is 9.08 Å². The molecule has 2 N–H and O–H groups in total. The van der Waals surface area contributed by atoms with Gasteiger partial charge in [-0.3, -0.25) is 0 Å². The van der Waals surface area contributed by atoms with Crippen molar-refractivity contribution in [3.8, 4) is 5.88 Å². The summed E-state index contributed by atoms with van der Waals surface area (Å²) in [5, 5.41) is 11.6. The number of ether oxygens (including phenoxy) is 1. The Labute approximate surface area is 83.8 Å². The molecule has 0 saturated heterocycles. The number of aromatic nitrogens is 1. The molecule has 0 atom stereocenters. The van der Waals surface area contributed by atoms with E-state index in [4.69, 9.17) is 9.94 Å². The fourth-order valence-corrected chi connectivity index (χ4v) is 1.06. The minimum atomic E-state index is 0.221. The number of nitrogens with zero attached hydrogens (tertiary/aromatic N) is 2. The lowest BCUT2D eigenvalue weighted by atomic mass is 10.3. The van der Waals surface area contributed by atoms with Gasteiger partial charge in [-0.25, -0.2) is 4.98 Å². The third-order valence-electron chi connectivity index (χ3n) is 1.36. The number of oxime groups is 1. The molecule has 0 aromatic carbocycles. The van der Waals surface area contributed by atoms with Gasteiger partial charge in [-0.05, 0) is 6.07 Å². The van der Waals surface area contributed by atoms with E-state index in [-0.39, 0.29) is 5.84 Å². The largest absolute Gasteiger partial charge is 0.481 e. The maximum atomic E-state index is 8.56. The molecular weight excluding hydrogens is 238 g/mol. The summed E-state index contributed by atoms with van der Waals surface area (Å²) in [6, 6.07) is 5.13. The van der Waals surface area contributed by atoms with Crippen molar-refractivity contribution >= 4 is 22.0 Å². The Morgan fingerprint density at radius 2 is 2.46 bits per heavy atom. The van der Waals surface area contributed by atoms with Crippen molar-refractivity contribution in [3.05, 3.63) is 23.9 Å². The monoisotopic (exact) mass is 245 g/mol. The average Bonchev–Trinajstić information content (AvgIpc) is 2.20. The minimum Gasteiger partial charge on any atom is -0.481 e. The van der Waals surface area contributed by atoms with Crippen molar-refractivity contribution in [2.75, 3.05) is 7.11 Å². The molecule has 6 heteroatoms. The van der Waals surface area contributed by atoms with Gasteiger partial charge in [0.1, 0.15) is 5.69 Å². The summed E-state index contributed by atoms with van der Waals surface area (Å²) in [6.07, 6.45) is 0. The number of hydrogen-bond donors (Lipinski definition) is 2. The van der Waals surface area contributed by atoms with Gasteiger partial charge in [0.05, 0.1) is 7.11 Å². The van der Waals surface area contributed by atoms with Gasteiger partial charge in [-0.2, -0.15) is 0 Å². The predicted molar refractivity (Wildman–Crippen MR) is 51.2 cm³/mol. The lowest BCUT2D eigenvalue weighted by Gasteiger charge is -2.02. The second-order valence-electron chi connectivity index (χ2n) is 2.11. The van der Waals surface area contributed by atoms with Crippen LogP contribution in [0.2, 0.25) is 0 Å². The van der Waals surface area contributed by atoms with E-state index in [0.29, 0.717) is 11.6 Å². The van der Waals surface area contributed by atoms with Gasteiger partial charge in [0.25, 0.3) is 0 Å². The summed E-state index contributed by atoms with van der Waals surface area (Å²) in [5.74, 6) is 0.681. The molecule has 0 aliphatic heterocycles. The van der Waals surface area contributed by atoms with Gasteiger partial charge in [-0.1, -0.05) is 11.2 Å². The van der Waals surface area contributed by atoms with Crippen LogP contribution in [0.5, 0.6) is 5.88 Å². The van der Waals surface area contributed by atoms with E-state index in [1.807, 2.05) is 0 Å². The van der Waals surface area contributed by atoms with Gasteiger partial charge < -0.3 is 14.3 Å². The number of rotatable bonds is 2. The highest BCUT2D eigenvalue weighted by atomic mass is 79.9. The summed E-state index contributed by atoms with van der Waals surface area (Å²) in [7, 11) is 1.52. The maximum Gasteiger partial charge on any atom is 0.213 e. The maximum absolute atomic E-state index is 8.56. The van der Waals surface area contributed by atoms with E-state index >= 15 is 0 Å². The second-order valence-corrected chi connectivity index (χ2v) is 2.50. The van der Waals surface area contributed by atoms with Crippen LogP contribution in [0.4, 0.5) is 0 Å². The van der Waals surface area contributed by atoms with E-state index < -0.39 is 0 Å². The molecule has 0 radical (unpaired) electrons. The lowest BCUT2D eigenvalue weighted by molar-refractivity contribution is 0.318. The zero-order chi connectivity index (χ0) is 9.68. The quantitative estimate of drug-likeness (QED) is 0.270. The summed E-state index contributed by atoms with van der Waals surface area (Å²) in [4.78, 5) is 4.03. The van der Waals surface area contributed by atoms with Crippen molar-refractivity contribution < 1.29 is 9.94 Å². The van der Waals surface area contributed by atoms with Gasteiger partial charge in [0.2, 0.25) is 11.7 Å². The number of amidine groups is 1. The standard InChI is InChI=1S/C7H8BrN3O2/c1-13-6-4-2-3-5(9-6)7(10-8)11-12/h2-4,12H,1H3,(H,10,11). The highest BCUT2D eigenvalue weighted by Crippen LogP contribution is 2.06. The number of halogens is 1. The molecule has 0 aliphatic carbocycles. The molecule has 0 unspecified atom stereocenters. The van der Waals surface area contributed by atoms with Crippen LogP contribution in [0.15, 0.2) is 23.4 Å². The zero-order valence-electron chi connectivity index (χ0n) is 6.86. The summed E-state index contributed by atoms with van der Waals surface area (Å²) >= 11 is 2.94. The van der Waals surface area contributed by atoms with Crippen molar-refractivity contribution in [1.82, 2.24) is 9.33 Å². The van der Waals surface area contributed by atoms with Gasteiger partial charge in [-0.15, -0.1) is 0 Å². The van der Waals surface area contributed by atoms with Crippen molar-refractivity contribution in [2.24, 2.45) is 5.16 Å².